The van der Waals surface area contributed by atoms with Gasteiger partial charge in [0.25, 0.3) is 0 Å². The summed E-state index contributed by atoms with van der Waals surface area (Å²) in [6.07, 6.45) is 3.89. The molecule has 108 valence electrons. The monoisotopic (exact) mass is 278 g/mol. The number of hydrogen-bond donors (Lipinski definition) is 0. The van der Waals surface area contributed by atoms with Gasteiger partial charge in [-0.25, -0.2) is 0 Å². The van der Waals surface area contributed by atoms with Gasteiger partial charge in [0.2, 0.25) is 0 Å². The fourth-order valence-corrected chi connectivity index (χ4v) is 3.37. The van der Waals surface area contributed by atoms with E-state index in [9.17, 15) is 10.5 Å². The quantitative estimate of drug-likeness (QED) is 0.744. The summed E-state index contributed by atoms with van der Waals surface area (Å²) in [5.74, 6) is 0.422. The molecule has 0 bridgehead atoms. The molecule has 21 heavy (non-hydrogen) atoms. The van der Waals surface area contributed by atoms with Crippen LogP contribution < -0.4 is 0 Å². The Hall–Kier alpha value is -2.06. The minimum atomic E-state index is -0.950. The summed E-state index contributed by atoms with van der Waals surface area (Å²) in [5, 5.41) is 19.6. The average Bonchev–Trinajstić information content (AvgIpc) is 2.54. The second-order valence-electron chi connectivity index (χ2n) is 6.19. The molecule has 0 aromatic heterocycles. The second-order valence-corrected chi connectivity index (χ2v) is 6.19. The number of nitrogens with zero attached hydrogens (tertiary/aromatic N) is 2. The number of benzene rings is 1. The Morgan fingerprint density at radius 2 is 1.81 bits per heavy atom. The number of allylic oxidation sites excluding steroid dienone is 2. The average molecular weight is 278 g/mol. The van der Waals surface area contributed by atoms with Crippen molar-refractivity contribution in [3.8, 4) is 12.1 Å². The fraction of sp³-hybridized carbons (Fsp3) is 0.474. The molecule has 2 nitrogen and oxygen atoms in total. The molecule has 2 rings (SSSR count). The van der Waals surface area contributed by atoms with E-state index >= 15 is 0 Å². The van der Waals surface area contributed by atoms with Crippen LogP contribution >= 0.6 is 0 Å². The van der Waals surface area contributed by atoms with Gasteiger partial charge >= 0.3 is 0 Å². The van der Waals surface area contributed by atoms with E-state index in [0.29, 0.717) is 5.92 Å². The maximum absolute atomic E-state index is 9.80. The lowest BCUT2D eigenvalue weighted by Gasteiger charge is -2.40. The van der Waals surface area contributed by atoms with Crippen LogP contribution in [-0.2, 0) is 0 Å². The Labute approximate surface area is 127 Å². The molecule has 0 radical (unpaired) electrons. The van der Waals surface area contributed by atoms with E-state index in [1.165, 1.54) is 5.57 Å². The highest BCUT2D eigenvalue weighted by Gasteiger charge is 2.48. The zero-order valence-corrected chi connectivity index (χ0v) is 13.0. The Kier molecular flexibility index (Phi) is 4.49. The Morgan fingerprint density at radius 3 is 2.29 bits per heavy atom. The Morgan fingerprint density at radius 1 is 1.19 bits per heavy atom. The lowest BCUT2D eigenvalue weighted by Crippen LogP contribution is -2.37. The molecule has 1 aromatic rings. The molecule has 0 saturated carbocycles. The van der Waals surface area contributed by atoms with Crippen LogP contribution in [-0.4, -0.2) is 0 Å². The first kappa shape index (κ1) is 15.3. The normalized spacial score (nSPS) is 24.0. The summed E-state index contributed by atoms with van der Waals surface area (Å²) in [6, 6.07) is 14.7. The smallest absolute Gasteiger partial charge is 0.157 e. The predicted molar refractivity (Wildman–Crippen MR) is 84.2 cm³/mol. The standard InChI is InChI=1S/C19H22N2/c1-4-17-10-16(14(2)3)11-18(19(17,12-20)13-21)15-8-6-5-7-9-15/h5-9,11,14,17-18H,4,10H2,1-3H3/t17-,18-/m0/s1. The van der Waals surface area contributed by atoms with Crippen molar-refractivity contribution in [1.29, 1.82) is 10.5 Å². The summed E-state index contributed by atoms with van der Waals surface area (Å²) >= 11 is 0. The summed E-state index contributed by atoms with van der Waals surface area (Å²) < 4.78 is 0. The molecule has 0 aliphatic heterocycles. The first-order chi connectivity index (χ1) is 10.1. The van der Waals surface area contributed by atoms with Crippen LogP contribution in [0.3, 0.4) is 0 Å². The van der Waals surface area contributed by atoms with E-state index < -0.39 is 5.41 Å². The van der Waals surface area contributed by atoms with Crippen molar-refractivity contribution in [2.24, 2.45) is 17.3 Å². The van der Waals surface area contributed by atoms with Gasteiger partial charge in [-0.05, 0) is 23.8 Å². The van der Waals surface area contributed by atoms with Crippen molar-refractivity contribution in [2.45, 2.75) is 39.5 Å². The minimum absolute atomic E-state index is 0.0973. The third-order valence-corrected chi connectivity index (χ3v) is 4.76. The van der Waals surface area contributed by atoms with Gasteiger partial charge < -0.3 is 0 Å². The van der Waals surface area contributed by atoms with Crippen molar-refractivity contribution in [2.75, 3.05) is 0 Å². The summed E-state index contributed by atoms with van der Waals surface area (Å²) in [4.78, 5) is 0. The number of rotatable bonds is 3. The van der Waals surface area contributed by atoms with Gasteiger partial charge in [-0.3, -0.25) is 0 Å². The first-order valence-electron chi connectivity index (χ1n) is 7.67. The van der Waals surface area contributed by atoms with Crippen molar-refractivity contribution < 1.29 is 0 Å². The van der Waals surface area contributed by atoms with Crippen LogP contribution in [0.25, 0.3) is 0 Å². The zero-order chi connectivity index (χ0) is 15.5. The fourth-order valence-electron chi connectivity index (χ4n) is 3.37. The summed E-state index contributed by atoms with van der Waals surface area (Å²) in [5.41, 5.74) is 1.49. The van der Waals surface area contributed by atoms with Crippen molar-refractivity contribution in [1.82, 2.24) is 0 Å². The van der Waals surface area contributed by atoms with Gasteiger partial charge in [0.05, 0.1) is 12.1 Å². The SMILES string of the molecule is CC[C@H]1CC(C(C)C)=C[C@@H](c2ccccc2)C1(C#N)C#N. The van der Waals surface area contributed by atoms with Gasteiger partial charge in [0.15, 0.2) is 5.41 Å². The topological polar surface area (TPSA) is 47.6 Å². The zero-order valence-electron chi connectivity index (χ0n) is 13.0. The molecule has 1 aromatic carbocycles. The molecule has 0 heterocycles. The van der Waals surface area contributed by atoms with E-state index in [0.717, 1.165) is 18.4 Å². The molecule has 2 atom stereocenters. The van der Waals surface area contributed by atoms with Gasteiger partial charge in [-0.2, -0.15) is 10.5 Å². The van der Waals surface area contributed by atoms with Crippen LogP contribution in [0.1, 0.15) is 45.1 Å². The predicted octanol–water partition coefficient (Wildman–Crippen LogP) is 4.82. The molecule has 0 amide bonds. The van der Waals surface area contributed by atoms with Crippen LogP contribution in [0, 0.1) is 39.9 Å². The third-order valence-electron chi connectivity index (χ3n) is 4.76. The molecule has 0 saturated heterocycles. The van der Waals surface area contributed by atoms with Crippen LogP contribution in [0.15, 0.2) is 42.0 Å². The van der Waals surface area contributed by atoms with Crippen molar-refractivity contribution >= 4 is 0 Å². The van der Waals surface area contributed by atoms with Crippen LogP contribution in [0.2, 0.25) is 0 Å². The van der Waals surface area contributed by atoms with Crippen molar-refractivity contribution in [3.05, 3.63) is 47.5 Å². The van der Waals surface area contributed by atoms with E-state index in [1.54, 1.807) is 0 Å². The lowest BCUT2D eigenvalue weighted by molar-refractivity contribution is 0.253. The maximum Gasteiger partial charge on any atom is 0.157 e. The molecular weight excluding hydrogens is 256 g/mol. The maximum atomic E-state index is 9.80. The number of hydrogen-bond acceptors (Lipinski definition) is 2. The molecule has 1 aliphatic rings. The molecule has 2 heteroatoms. The lowest BCUT2D eigenvalue weighted by atomic mass is 9.59. The highest BCUT2D eigenvalue weighted by Crippen LogP contribution is 2.51. The van der Waals surface area contributed by atoms with Gasteiger partial charge in [0.1, 0.15) is 0 Å². The molecule has 0 fully saturated rings. The number of nitriles is 2. The highest BCUT2D eigenvalue weighted by atomic mass is 14.5. The van der Waals surface area contributed by atoms with Gasteiger partial charge in [0, 0.05) is 5.92 Å². The van der Waals surface area contributed by atoms with Crippen LogP contribution in [0.5, 0.6) is 0 Å². The first-order valence-corrected chi connectivity index (χ1v) is 7.67. The van der Waals surface area contributed by atoms with Gasteiger partial charge in [-0.15, -0.1) is 0 Å². The highest BCUT2D eigenvalue weighted by molar-refractivity contribution is 5.40. The van der Waals surface area contributed by atoms with E-state index in [2.05, 4.69) is 39.0 Å². The van der Waals surface area contributed by atoms with Crippen molar-refractivity contribution in [3.63, 3.8) is 0 Å². The third kappa shape index (κ3) is 2.59. The van der Waals surface area contributed by atoms with Gasteiger partial charge in [-0.1, -0.05) is 69.2 Å². The molecular formula is C19H22N2. The van der Waals surface area contributed by atoms with E-state index in [4.69, 9.17) is 0 Å². The summed E-state index contributed by atoms with van der Waals surface area (Å²) in [7, 11) is 0. The molecule has 0 N–H and O–H groups in total. The van der Waals surface area contributed by atoms with Crippen LogP contribution in [0.4, 0.5) is 0 Å². The largest absolute Gasteiger partial charge is 0.197 e. The molecule has 0 unspecified atom stereocenters. The minimum Gasteiger partial charge on any atom is -0.197 e. The summed E-state index contributed by atoms with van der Waals surface area (Å²) in [6.45, 7) is 6.46. The Bertz CT molecular complexity index is 585. The molecule has 0 spiro atoms. The van der Waals surface area contributed by atoms with E-state index in [1.807, 2.05) is 30.3 Å². The van der Waals surface area contributed by atoms with E-state index in [-0.39, 0.29) is 11.8 Å². The Balaban J connectivity index is 2.62. The second kappa shape index (κ2) is 6.15. The molecule has 1 aliphatic carbocycles.